The fourth-order valence-electron chi connectivity index (χ4n) is 2.26. The second-order valence-corrected chi connectivity index (χ2v) is 4.44. The molecule has 0 aromatic heterocycles. The highest BCUT2D eigenvalue weighted by Crippen LogP contribution is 2.22. The Morgan fingerprint density at radius 2 is 2.19 bits per heavy atom. The Kier molecular flexibility index (Phi) is 3.13. The molecule has 1 unspecified atom stereocenters. The van der Waals surface area contributed by atoms with Crippen molar-refractivity contribution in [1.29, 1.82) is 0 Å². The predicted molar refractivity (Wildman–Crippen MR) is 64.6 cm³/mol. The highest BCUT2D eigenvalue weighted by Gasteiger charge is 2.19. The molecule has 0 fully saturated rings. The topological polar surface area (TPSA) is 41.1 Å². The summed E-state index contributed by atoms with van der Waals surface area (Å²) >= 11 is 0. The highest BCUT2D eigenvalue weighted by atomic mass is 16.2. The number of hydrogen-bond acceptors (Lipinski definition) is 1. The lowest BCUT2D eigenvalue weighted by atomic mass is 9.87. The van der Waals surface area contributed by atoms with Crippen molar-refractivity contribution in [2.45, 2.75) is 32.2 Å². The van der Waals surface area contributed by atoms with E-state index in [2.05, 4.69) is 35.8 Å². The van der Waals surface area contributed by atoms with E-state index in [0.717, 1.165) is 19.3 Å². The quantitative estimate of drug-likeness (QED) is 0.741. The Labute approximate surface area is 96.2 Å². The summed E-state index contributed by atoms with van der Waals surface area (Å²) in [6.07, 6.45) is 3.04. The number of aryl methyl sites for hydroxylation is 2. The van der Waals surface area contributed by atoms with Crippen molar-refractivity contribution in [2.75, 3.05) is 7.05 Å². The van der Waals surface area contributed by atoms with Gasteiger partial charge in [-0.05, 0) is 37.3 Å². The number of benzene rings is 1. The second-order valence-electron chi connectivity index (χ2n) is 4.44. The summed E-state index contributed by atoms with van der Waals surface area (Å²) in [6, 6.07) is 6.77. The molecule has 0 saturated carbocycles. The molecule has 0 heterocycles. The third-order valence-electron chi connectivity index (χ3n) is 3.15. The van der Waals surface area contributed by atoms with Crippen LogP contribution in [0.2, 0.25) is 0 Å². The van der Waals surface area contributed by atoms with Crippen molar-refractivity contribution < 1.29 is 4.79 Å². The van der Waals surface area contributed by atoms with Gasteiger partial charge in [0.15, 0.2) is 0 Å². The summed E-state index contributed by atoms with van der Waals surface area (Å²) in [5.41, 5.74) is 4.13. The number of nitrogens with one attached hydrogen (secondary N) is 2. The van der Waals surface area contributed by atoms with Gasteiger partial charge in [0.2, 0.25) is 0 Å². The van der Waals surface area contributed by atoms with Crippen LogP contribution in [0.15, 0.2) is 18.2 Å². The summed E-state index contributed by atoms with van der Waals surface area (Å²) in [5, 5.41) is 5.57. The van der Waals surface area contributed by atoms with E-state index < -0.39 is 0 Å². The van der Waals surface area contributed by atoms with E-state index in [0.29, 0.717) is 0 Å². The summed E-state index contributed by atoms with van der Waals surface area (Å²) in [6.45, 7) is 2.12. The molecule has 2 amide bonds. The maximum Gasteiger partial charge on any atom is 0.314 e. The lowest BCUT2D eigenvalue weighted by molar-refractivity contribution is 0.237. The van der Waals surface area contributed by atoms with Crippen LogP contribution in [-0.2, 0) is 12.8 Å². The SMILES string of the molecule is CNC(=O)NC1CCc2cc(C)ccc2C1. The molecule has 0 bridgehead atoms. The zero-order chi connectivity index (χ0) is 11.5. The number of carbonyl (C=O) groups is 1. The van der Waals surface area contributed by atoms with Crippen molar-refractivity contribution in [3.8, 4) is 0 Å². The lowest BCUT2D eigenvalue weighted by Gasteiger charge is -2.25. The third-order valence-corrected chi connectivity index (χ3v) is 3.15. The molecular formula is C13H18N2O. The monoisotopic (exact) mass is 218 g/mol. The number of fused-ring (bicyclic) bond motifs is 1. The number of amides is 2. The van der Waals surface area contributed by atoms with E-state index in [4.69, 9.17) is 0 Å². The predicted octanol–water partition coefficient (Wildman–Crippen LogP) is 1.78. The number of urea groups is 1. The maximum absolute atomic E-state index is 11.2. The van der Waals surface area contributed by atoms with Crippen molar-refractivity contribution in [3.63, 3.8) is 0 Å². The van der Waals surface area contributed by atoms with Crippen LogP contribution in [0, 0.1) is 6.92 Å². The molecule has 3 heteroatoms. The molecule has 1 aromatic rings. The normalized spacial score (nSPS) is 18.8. The molecule has 0 spiro atoms. The van der Waals surface area contributed by atoms with Crippen molar-refractivity contribution >= 4 is 6.03 Å². The first-order chi connectivity index (χ1) is 7.69. The maximum atomic E-state index is 11.2. The molecule has 86 valence electrons. The fourth-order valence-corrected chi connectivity index (χ4v) is 2.26. The van der Waals surface area contributed by atoms with E-state index in [1.54, 1.807) is 7.05 Å². The zero-order valence-corrected chi connectivity index (χ0v) is 9.84. The summed E-state index contributed by atoms with van der Waals surface area (Å²) in [7, 11) is 1.65. The van der Waals surface area contributed by atoms with Crippen LogP contribution in [0.3, 0.4) is 0 Å². The van der Waals surface area contributed by atoms with Crippen LogP contribution >= 0.6 is 0 Å². The van der Waals surface area contributed by atoms with Crippen LogP contribution in [0.25, 0.3) is 0 Å². The minimum Gasteiger partial charge on any atom is -0.341 e. The molecule has 0 aliphatic heterocycles. The number of carbonyl (C=O) groups excluding carboxylic acids is 1. The molecule has 0 saturated heterocycles. The molecule has 2 N–H and O–H groups in total. The molecule has 0 radical (unpaired) electrons. The van der Waals surface area contributed by atoms with Crippen LogP contribution in [0.4, 0.5) is 4.79 Å². The fraction of sp³-hybridized carbons (Fsp3) is 0.462. The van der Waals surface area contributed by atoms with Gasteiger partial charge in [-0.3, -0.25) is 0 Å². The Morgan fingerprint density at radius 1 is 1.38 bits per heavy atom. The minimum atomic E-state index is -0.0828. The van der Waals surface area contributed by atoms with Crippen LogP contribution in [0.1, 0.15) is 23.1 Å². The molecule has 1 atom stereocenters. The summed E-state index contributed by atoms with van der Waals surface area (Å²) in [5.74, 6) is 0. The average molecular weight is 218 g/mol. The Hall–Kier alpha value is -1.51. The Balaban J connectivity index is 2.06. The Bertz CT molecular complexity index is 401. The first kappa shape index (κ1) is 11.0. The third kappa shape index (κ3) is 2.35. The average Bonchev–Trinajstić information content (AvgIpc) is 2.29. The van der Waals surface area contributed by atoms with E-state index in [9.17, 15) is 4.79 Å². The zero-order valence-electron chi connectivity index (χ0n) is 9.84. The highest BCUT2D eigenvalue weighted by molar-refractivity contribution is 5.73. The van der Waals surface area contributed by atoms with Gasteiger partial charge in [-0.15, -0.1) is 0 Å². The van der Waals surface area contributed by atoms with Crippen LogP contribution in [0.5, 0.6) is 0 Å². The summed E-state index contributed by atoms with van der Waals surface area (Å²) in [4.78, 5) is 11.2. The van der Waals surface area contributed by atoms with Crippen molar-refractivity contribution in [1.82, 2.24) is 10.6 Å². The number of rotatable bonds is 1. The molecule has 16 heavy (non-hydrogen) atoms. The van der Waals surface area contributed by atoms with Gasteiger partial charge in [-0.2, -0.15) is 0 Å². The second kappa shape index (κ2) is 4.56. The standard InChI is InChI=1S/C13H18N2O/c1-9-3-4-11-8-12(15-13(16)14-2)6-5-10(11)7-9/h3-4,7,12H,5-6,8H2,1-2H3,(H2,14,15,16). The molecule has 1 aliphatic rings. The molecule has 1 aromatic carbocycles. The largest absolute Gasteiger partial charge is 0.341 e. The van der Waals surface area contributed by atoms with Crippen LogP contribution < -0.4 is 10.6 Å². The molecule has 3 nitrogen and oxygen atoms in total. The summed E-state index contributed by atoms with van der Waals surface area (Å²) < 4.78 is 0. The van der Waals surface area contributed by atoms with E-state index in [1.165, 1.54) is 16.7 Å². The van der Waals surface area contributed by atoms with Gasteiger partial charge in [-0.25, -0.2) is 4.79 Å². The van der Waals surface area contributed by atoms with E-state index >= 15 is 0 Å². The van der Waals surface area contributed by atoms with Gasteiger partial charge >= 0.3 is 6.03 Å². The van der Waals surface area contributed by atoms with Gasteiger partial charge in [0, 0.05) is 13.1 Å². The van der Waals surface area contributed by atoms with Gasteiger partial charge < -0.3 is 10.6 Å². The van der Waals surface area contributed by atoms with Crippen LogP contribution in [-0.4, -0.2) is 19.1 Å². The molecular weight excluding hydrogens is 200 g/mol. The Morgan fingerprint density at radius 3 is 2.94 bits per heavy atom. The lowest BCUT2D eigenvalue weighted by Crippen LogP contribution is -2.43. The van der Waals surface area contributed by atoms with E-state index in [1.807, 2.05) is 0 Å². The minimum absolute atomic E-state index is 0.0828. The molecule has 2 rings (SSSR count). The van der Waals surface area contributed by atoms with Gasteiger partial charge in [0.1, 0.15) is 0 Å². The van der Waals surface area contributed by atoms with Gasteiger partial charge in [-0.1, -0.05) is 23.8 Å². The van der Waals surface area contributed by atoms with E-state index in [-0.39, 0.29) is 12.1 Å². The first-order valence-corrected chi connectivity index (χ1v) is 5.75. The van der Waals surface area contributed by atoms with Crippen molar-refractivity contribution in [2.24, 2.45) is 0 Å². The number of hydrogen-bond donors (Lipinski definition) is 2. The molecule has 1 aliphatic carbocycles. The smallest absolute Gasteiger partial charge is 0.314 e. The first-order valence-electron chi connectivity index (χ1n) is 5.75. The van der Waals surface area contributed by atoms with Gasteiger partial charge in [0.25, 0.3) is 0 Å². The van der Waals surface area contributed by atoms with Gasteiger partial charge in [0.05, 0.1) is 0 Å². The van der Waals surface area contributed by atoms with Crippen molar-refractivity contribution in [3.05, 3.63) is 34.9 Å².